The van der Waals surface area contributed by atoms with Gasteiger partial charge in [0.25, 0.3) is 5.91 Å². The number of carbonyl (C=O) groups excluding carboxylic acids is 2. The molecule has 0 unspecified atom stereocenters. The number of nitrogens with zero attached hydrogens (tertiary/aromatic N) is 2. The van der Waals surface area contributed by atoms with Crippen molar-refractivity contribution >= 4 is 22.6 Å². The number of imide groups is 1. The van der Waals surface area contributed by atoms with E-state index in [4.69, 9.17) is 9.47 Å². The first kappa shape index (κ1) is 23.4. The number of hydrogen-bond acceptors (Lipinski definition) is 5. The molecule has 182 valence electrons. The summed E-state index contributed by atoms with van der Waals surface area (Å²) in [7, 11) is 3.30. The molecule has 1 saturated heterocycles. The maximum atomic E-state index is 13.5. The number of amides is 2. The van der Waals surface area contributed by atoms with Crippen molar-refractivity contribution < 1.29 is 19.1 Å². The first-order chi connectivity index (χ1) is 17.1. The van der Waals surface area contributed by atoms with Crippen molar-refractivity contribution in [3.63, 3.8) is 0 Å². The lowest BCUT2D eigenvalue weighted by molar-refractivity contribution is -0.128. The minimum atomic E-state index is -0.174. The minimum absolute atomic E-state index is 0.114. The Morgan fingerprint density at radius 2 is 1.63 bits per heavy atom. The normalized spacial score (nSPS) is 17.0. The Balaban J connectivity index is 1.21. The SMILES string of the molecule is COc1ccc(CN2CCC(CCN3C(=O)Cc4cc(OC)c5ccccc5c4C3=O)CC2)cc1. The number of benzene rings is 3. The van der Waals surface area contributed by atoms with Gasteiger partial charge in [0.05, 0.1) is 26.2 Å². The van der Waals surface area contributed by atoms with E-state index < -0.39 is 0 Å². The van der Waals surface area contributed by atoms with Crippen LogP contribution in [0.25, 0.3) is 10.8 Å². The molecule has 3 aromatic rings. The van der Waals surface area contributed by atoms with E-state index in [1.807, 2.05) is 42.5 Å². The molecule has 0 spiro atoms. The Hall–Kier alpha value is -3.38. The molecule has 2 heterocycles. The van der Waals surface area contributed by atoms with Crippen LogP contribution in [-0.2, 0) is 17.8 Å². The first-order valence-electron chi connectivity index (χ1n) is 12.4. The molecule has 3 aromatic carbocycles. The predicted molar refractivity (Wildman–Crippen MR) is 136 cm³/mol. The lowest BCUT2D eigenvalue weighted by Crippen LogP contribution is -2.44. The number of ether oxygens (including phenoxy) is 2. The molecule has 0 bridgehead atoms. The van der Waals surface area contributed by atoms with Crippen molar-refractivity contribution in [2.45, 2.75) is 32.2 Å². The second kappa shape index (κ2) is 10.1. The second-order valence-electron chi connectivity index (χ2n) is 9.54. The predicted octanol–water partition coefficient (Wildman–Crippen LogP) is 4.68. The van der Waals surface area contributed by atoms with E-state index in [0.717, 1.165) is 61.0 Å². The maximum Gasteiger partial charge on any atom is 0.261 e. The molecule has 2 aliphatic heterocycles. The second-order valence-corrected chi connectivity index (χ2v) is 9.54. The molecule has 0 radical (unpaired) electrons. The van der Waals surface area contributed by atoms with Crippen LogP contribution in [0.2, 0.25) is 0 Å². The van der Waals surface area contributed by atoms with Gasteiger partial charge >= 0.3 is 0 Å². The summed E-state index contributed by atoms with van der Waals surface area (Å²) in [6.45, 7) is 3.49. The minimum Gasteiger partial charge on any atom is -0.497 e. The molecule has 0 aromatic heterocycles. The van der Waals surface area contributed by atoms with Crippen molar-refractivity contribution in [2.24, 2.45) is 5.92 Å². The summed E-state index contributed by atoms with van der Waals surface area (Å²) in [4.78, 5) is 30.3. The van der Waals surface area contributed by atoms with E-state index in [2.05, 4.69) is 17.0 Å². The van der Waals surface area contributed by atoms with Gasteiger partial charge in [-0.25, -0.2) is 0 Å². The molecular formula is C29H32N2O4. The summed E-state index contributed by atoms with van der Waals surface area (Å²) < 4.78 is 10.8. The molecule has 0 aliphatic carbocycles. The molecule has 6 heteroatoms. The van der Waals surface area contributed by atoms with E-state index in [-0.39, 0.29) is 18.2 Å². The standard InChI is InChI=1S/C29H32N2O4/c1-34-23-9-7-21(8-10-23)19-30-14-11-20(12-15-30)13-16-31-27(32)18-22-17-26(35-2)24-5-3-4-6-25(24)28(22)29(31)33/h3-10,17,20H,11-16,18-19H2,1-2H3. The third-order valence-corrected chi connectivity index (χ3v) is 7.44. The molecule has 35 heavy (non-hydrogen) atoms. The van der Waals surface area contributed by atoms with Gasteiger partial charge < -0.3 is 9.47 Å². The number of methoxy groups -OCH3 is 2. The van der Waals surface area contributed by atoms with Gasteiger partial charge in [-0.1, -0.05) is 36.4 Å². The fourth-order valence-corrected chi connectivity index (χ4v) is 5.42. The lowest BCUT2D eigenvalue weighted by Gasteiger charge is -2.34. The molecular weight excluding hydrogens is 440 g/mol. The van der Waals surface area contributed by atoms with E-state index in [1.54, 1.807) is 14.2 Å². The summed E-state index contributed by atoms with van der Waals surface area (Å²) in [6.07, 6.45) is 3.27. The fourth-order valence-electron chi connectivity index (χ4n) is 5.42. The van der Waals surface area contributed by atoms with Crippen LogP contribution in [0.5, 0.6) is 11.5 Å². The van der Waals surface area contributed by atoms with Crippen molar-refractivity contribution in [1.29, 1.82) is 0 Å². The average Bonchev–Trinajstić information content (AvgIpc) is 2.89. The van der Waals surface area contributed by atoms with Crippen LogP contribution >= 0.6 is 0 Å². The highest BCUT2D eigenvalue weighted by molar-refractivity contribution is 6.17. The highest BCUT2D eigenvalue weighted by atomic mass is 16.5. The Morgan fingerprint density at radius 1 is 0.914 bits per heavy atom. The van der Waals surface area contributed by atoms with Crippen molar-refractivity contribution in [3.8, 4) is 11.5 Å². The van der Waals surface area contributed by atoms with E-state index in [1.165, 1.54) is 10.5 Å². The van der Waals surface area contributed by atoms with Crippen molar-refractivity contribution in [2.75, 3.05) is 33.9 Å². The first-order valence-corrected chi connectivity index (χ1v) is 12.4. The third-order valence-electron chi connectivity index (χ3n) is 7.44. The molecule has 0 saturated carbocycles. The zero-order valence-electron chi connectivity index (χ0n) is 20.5. The van der Waals surface area contributed by atoms with Crippen LogP contribution in [0.1, 0.15) is 40.7 Å². The third kappa shape index (κ3) is 4.76. The molecule has 0 N–H and O–H groups in total. The molecule has 1 fully saturated rings. The molecule has 2 aliphatic rings. The summed E-state index contributed by atoms with van der Waals surface area (Å²) in [6, 6.07) is 17.9. The van der Waals surface area contributed by atoms with E-state index in [0.29, 0.717) is 23.8 Å². The van der Waals surface area contributed by atoms with Gasteiger partial charge in [-0.15, -0.1) is 0 Å². The zero-order chi connectivity index (χ0) is 24.4. The van der Waals surface area contributed by atoms with Crippen LogP contribution in [0.3, 0.4) is 0 Å². The summed E-state index contributed by atoms with van der Waals surface area (Å²) in [5.74, 6) is 1.82. The van der Waals surface area contributed by atoms with Crippen LogP contribution in [0.4, 0.5) is 0 Å². The van der Waals surface area contributed by atoms with Gasteiger partial charge in [-0.05, 0) is 73.0 Å². The van der Waals surface area contributed by atoms with Crippen molar-refractivity contribution in [1.82, 2.24) is 9.80 Å². The van der Waals surface area contributed by atoms with Crippen LogP contribution in [0.15, 0.2) is 54.6 Å². The number of carbonyl (C=O) groups is 2. The van der Waals surface area contributed by atoms with Crippen molar-refractivity contribution in [3.05, 3.63) is 71.3 Å². The number of fused-ring (bicyclic) bond motifs is 3. The number of hydrogen-bond donors (Lipinski definition) is 0. The van der Waals surface area contributed by atoms with Gasteiger partial charge in [-0.3, -0.25) is 19.4 Å². The van der Waals surface area contributed by atoms with Crippen LogP contribution in [0, 0.1) is 5.92 Å². The fraction of sp³-hybridized carbons (Fsp3) is 0.379. The summed E-state index contributed by atoms with van der Waals surface area (Å²) >= 11 is 0. The van der Waals surface area contributed by atoms with E-state index in [9.17, 15) is 9.59 Å². The van der Waals surface area contributed by atoms with Gasteiger partial charge in [0, 0.05) is 18.5 Å². The molecule has 0 atom stereocenters. The maximum absolute atomic E-state index is 13.5. The number of rotatable bonds is 7. The van der Waals surface area contributed by atoms with Gasteiger partial charge in [0.1, 0.15) is 11.5 Å². The lowest BCUT2D eigenvalue weighted by atomic mass is 9.90. The summed E-state index contributed by atoms with van der Waals surface area (Å²) in [5, 5.41) is 1.76. The number of likely N-dealkylation sites (tertiary alicyclic amines) is 1. The number of piperidine rings is 1. The van der Waals surface area contributed by atoms with Gasteiger partial charge in [0.2, 0.25) is 5.91 Å². The quantitative estimate of drug-likeness (QED) is 0.467. The smallest absolute Gasteiger partial charge is 0.261 e. The monoisotopic (exact) mass is 472 g/mol. The molecule has 6 nitrogen and oxygen atoms in total. The van der Waals surface area contributed by atoms with E-state index >= 15 is 0 Å². The van der Waals surface area contributed by atoms with Crippen LogP contribution in [-0.4, -0.2) is 55.5 Å². The molecule has 5 rings (SSSR count). The average molecular weight is 473 g/mol. The molecule has 2 amide bonds. The van der Waals surface area contributed by atoms with Crippen LogP contribution < -0.4 is 9.47 Å². The Labute approximate surface area is 206 Å². The largest absolute Gasteiger partial charge is 0.497 e. The Morgan fingerprint density at radius 3 is 2.31 bits per heavy atom. The zero-order valence-corrected chi connectivity index (χ0v) is 20.5. The Bertz CT molecular complexity index is 1230. The topological polar surface area (TPSA) is 59.1 Å². The highest BCUT2D eigenvalue weighted by Crippen LogP contribution is 2.35. The highest BCUT2D eigenvalue weighted by Gasteiger charge is 2.33. The summed E-state index contributed by atoms with van der Waals surface area (Å²) in [5.41, 5.74) is 2.70. The Kier molecular flexibility index (Phi) is 6.73. The van der Waals surface area contributed by atoms with Gasteiger partial charge in [-0.2, -0.15) is 0 Å². The van der Waals surface area contributed by atoms with Gasteiger partial charge in [0.15, 0.2) is 0 Å².